The van der Waals surface area contributed by atoms with E-state index in [0.29, 0.717) is 5.92 Å². The molecule has 0 spiro atoms. The van der Waals surface area contributed by atoms with Crippen molar-refractivity contribution in [2.75, 3.05) is 5.73 Å². The van der Waals surface area contributed by atoms with Crippen LogP contribution < -0.4 is 10.5 Å². The average Bonchev–Trinajstić information content (AvgIpc) is 2.40. The number of aromatic carboxylic acids is 1. The summed E-state index contributed by atoms with van der Waals surface area (Å²) < 4.78 is 27.4. The topological polar surface area (TPSA) is 109 Å². The maximum Gasteiger partial charge on any atom is 0.335 e. The average molecular weight is 312 g/mol. The van der Waals surface area contributed by atoms with Gasteiger partial charge in [0.15, 0.2) is 0 Å². The van der Waals surface area contributed by atoms with Crippen LogP contribution in [0.25, 0.3) is 0 Å². The Kier molecular flexibility index (Phi) is 4.53. The zero-order valence-corrected chi connectivity index (χ0v) is 12.7. The Hall–Kier alpha value is -1.60. The number of nitrogen functional groups attached to an aromatic ring is 1. The monoisotopic (exact) mass is 312 g/mol. The van der Waals surface area contributed by atoms with Gasteiger partial charge in [0.05, 0.1) is 11.3 Å². The van der Waals surface area contributed by atoms with E-state index in [1.165, 1.54) is 18.2 Å². The lowest BCUT2D eigenvalue weighted by Gasteiger charge is -2.26. The number of benzene rings is 1. The molecule has 1 fully saturated rings. The Morgan fingerprint density at radius 1 is 1.29 bits per heavy atom. The first-order valence-electron chi connectivity index (χ1n) is 6.95. The highest BCUT2D eigenvalue weighted by molar-refractivity contribution is 7.89. The SMILES string of the molecule is CC1CCC(NS(=O)(=O)c2ccc(C(=O)O)cc2N)CC1. The molecule has 1 aliphatic carbocycles. The van der Waals surface area contributed by atoms with E-state index < -0.39 is 16.0 Å². The highest BCUT2D eigenvalue weighted by Gasteiger charge is 2.25. The molecule has 116 valence electrons. The lowest BCUT2D eigenvalue weighted by atomic mass is 9.88. The van der Waals surface area contributed by atoms with Crippen LogP contribution in [-0.4, -0.2) is 25.5 Å². The van der Waals surface area contributed by atoms with E-state index in [2.05, 4.69) is 11.6 Å². The molecule has 0 heterocycles. The number of carboxylic acid groups (broad SMARTS) is 1. The minimum atomic E-state index is -3.72. The van der Waals surface area contributed by atoms with Crippen molar-refractivity contribution in [3.63, 3.8) is 0 Å². The molecule has 6 nitrogen and oxygen atoms in total. The Labute approximate surface area is 124 Å². The van der Waals surface area contributed by atoms with Crippen LogP contribution in [-0.2, 0) is 10.0 Å². The molecule has 0 aliphatic heterocycles. The number of sulfonamides is 1. The molecule has 1 aromatic rings. The first-order chi connectivity index (χ1) is 9.79. The largest absolute Gasteiger partial charge is 0.478 e. The van der Waals surface area contributed by atoms with Crippen molar-refractivity contribution in [2.24, 2.45) is 5.92 Å². The molecular weight excluding hydrogens is 292 g/mol. The Bertz CT molecular complexity index is 634. The molecule has 0 bridgehead atoms. The zero-order valence-electron chi connectivity index (χ0n) is 11.9. The number of nitrogens with one attached hydrogen (secondary N) is 1. The van der Waals surface area contributed by atoms with E-state index in [1.54, 1.807) is 0 Å². The third kappa shape index (κ3) is 3.74. The minimum Gasteiger partial charge on any atom is -0.478 e. The quantitative estimate of drug-likeness (QED) is 0.735. The van der Waals surface area contributed by atoms with Crippen LogP contribution in [0.3, 0.4) is 0 Å². The molecule has 2 rings (SSSR count). The number of hydrogen-bond donors (Lipinski definition) is 3. The van der Waals surface area contributed by atoms with Crippen molar-refractivity contribution < 1.29 is 18.3 Å². The van der Waals surface area contributed by atoms with Gasteiger partial charge < -0.3 is 10.8 Å². The molecule has 0 unspecified atom stereocenters. The van der Waals surface area contributed by atoms with Crippen LogP contribution in [0.2, 0.25) is 0 Å². The maximum atomic E-state index is 12.3. The van der Waals surface area contributed by atoms with Gasteiger partial charge in [-0.15, -0.1) is 0 Å². The second-order valence-corrected chi connectivity index (χ2v) is 7.32. The van der Waals surface area contributed by atoms with E-state index in [9.17, 15) is 13.2 Å². The van der Waals surface area contributed by atoms with E-state index in [-0.39, 0.29) is 22.2 Å². The van der Waals surface area contributed by atoms with Gasteiger partial charge >= 0.3 is 5.97 Å². The van der Waals surface area contributed by atoms with E-state index in [0.717, 1.165) is 25.7 Å². The minimum absolute atomic E-state index is 0.0297. The lowest BCUT2D eigenvalue weighted by Crippen LogP contribution is -2.37. The second-order valence-electron chi connectivity index (χ2n) is 5.64. The molecule has 0 radical (unpaired) electrons. The highest BCUT2D eigenvalue weighted by atomic mass is 32.2. The smallest absolute Gasteiger partial charge is 0.335 e. The molecule has 4 N–H and O–H groups in total. The van der Waals surface area contributed by atoms with Gasteiger partial charge in [0.1, 0.15) is 4.90 Å². The molecule has 1 aromatic carbocycles. The number of anilines is 1. The normalized spacial score (nSPS) is 22.9. The van der Waals surface area contributed by atoms with E-state index in [4.69, 9.17) is 10.8 Å². The zero-order chi connectivity index (χ0) is 15.6. The lowest BCUT2D eigenvalue weighted by molar-refractivity contribution is 0.0697. The van der Waals surface area contributed by atoms with Crippen LogP contribution in [0.5, 0.6) is 0 Å². The van der Waals surface area contributed by atoms with Crippen molar-refractivity contribution in [1.29, 1.82) is 0 Å². The predicted molar refractivity (Wildman–Crippen MR) is 79.6 cm³/mol. The molecule has 0 amide bonds. The Morgan fingerprint density at radius 3 is 2.43 bits per heavy atom. The molecule has 21 heavy (non-hydrogen) atoms. The number of carbonyl (C=O) groups is 1. The molecule has 1 aliphatic rings. The van der Waals surface area contributed by atoms with Gasteiger partial charge in [-0.2, -0.15) is 0 Å². The molecular formula is C14H20N2O4S. The third-order valence-corrected chi connectivity index (χ3v) is 5.48. The van der Waals surface area contributed by atoms with Gasteiger partial charge in [-0.05, 0) is 49.8 Å². The van der Waals surface area contributed by atoms with Gasteiger partial charge in [0.2, 0.25) is 10.0 Å². The fraction of sp³-hybridized carbons (Fsp3) is 0.500. The van der Waals surface area contributed by atoms with Crippen LogP contribution in [0.4, 0.5) is 5.69 Å². The summed E-state index contributed by atoms with van der Waals surface area (Å²) in [7, 11) is -3.72. The summed E-state index contributed by atoms with van der Waals surface area (Å²) in [6, 6.07) is 3.58. The van der Waals surface area contributed by atoms with Crippen LogP contribution >= 0.6 is 0 Å². The summed E-state index contributed by atoms with van der Waals surface area (Å²) in [5.74, 6) is -0.509. The summed E-state index contributed by atoms with van der Waals surface area (Å²) in [6.07, 6.45) is 3.63. The molecule has 7 heteroatoms. The van der Waals surface area contributed by atoms with Crippen LogP contribution in [0, 0.1) is 5.92 Å². The van der Waals surface area contributed by atoms with Gasteiger partial charge in [0.25, 0.3) is 0 Å². The second kappa shape index (κ2) is 6.03. The van der Waals surface area contributed by atoms with Gasteiger partial charge in [0, 0.05) is 6.04 Å². The van der Waals surface area contributed by atoms with Gasteiger partial charge in [-0.3, -0.25) is 0 Å². The van der Waals surface area contributed by atoms with E-state index in [1.807, 2.05) is 0 Å². The summed E-state index contributed by atoms with van der Waals surface area (Å²) >= 11 is 0. The number of nitrogens with two attached hydrogens (primary N) is 1. The maximum absolute atomic E-state index is 12.3. The Morgan fingerprint density at radius 2 is 1.90 bits per heavy atom. The van der Waals surface area contributed by atoms with Crippen LogP contribution in [0.1, 0.15) is 43.0 Å². The summed E-state index contributed by atoms with van der Waals surface area (Å²) in [6.45, 7) is 2.16. The molecule has 0 atom stereocenters. The van der Waals surface area contributed by atoms with Crippen molar-refractivity contribution in [3.05, 3.63) is 23.8 Å². The number of hydrogen-bond acceptors (Lipinski definition) is 4. The fourth-order valence-corrected chi connectivity index (χ4v) is 4.00. The summed E-state index contributed by atoms with van der Waals surface area (Å²) in [4.78, 5) is 10.8. The molecule has 0 aromatic heterocycles. The summed E-state index contributed by atoms with van der Waals surface area (Å²) in [5.41, 5.74) is 5.61. The van der Waals surface area contributed by atoms with Crippen molar-refractivity contribution in [3.8, 4) is 0 Å². The van der Waals surface area contributed by atoms with Crippen molar-refractivity contribution in [2.45, 2.75) is 43.5 Å². The van der Waals surface area contributed by atoms with Gasteiger partial charge in [-0.1, -0.05) is 6.92 Å². The van der Waals surface area contributed by atoms with Crippen LogP contribution in [0.15, 0.2) is 23.1 Å². The summed E-state index contributed by atoms with van der Waals surface area (Å²) in [5, 5.41) is 8.87. The van der Waals surface area contributed by atoms with Crippen molar-refractivity contribution in [1.82, 2.24) is 4.72 Å². The van der Waals surface area contributed by atoms with Crippen molar-refractivity contribution >= 4 is 21.7 Å². The predicted octanol–water partition coefficient (Wildman–Crippen LogP) is 1.82. The fourth-order valence-electron chi connectivity index (χ4n) is 2.59. The van der Waals surface area contributed by atoms with Gasteiger partial charge in [-0.25, -0.2) is 17.9 Å². The third-order valence-electron chi connectivity index (χ3n) is 3.88. The first-order valence-corrected chi connectivity index (χ1v) is 8.43. The number of carboxylic acids is 1. The first kappa shape index (κ1) is 15.8. The number of rotatable bonds is 4. The molecule has 1 saturated carbocycles. The van der Waals surface area contributed by atoms with E-state index >= 15 is 0 Å². The standard InChI is InChI=1S/C14H20N2O4S/c1-9-2-5-11(6-3-9)16-21(19,20)13-7-4-10(14(17)18)8-12(13)15/h4,7-9,11,16H,2-3,5-6,15H2,1H3,(H,17,18). The Balaban J connectivity index is 2.18. The molecule has 0 saturated heterocycles. The highest BCUT2D eigenvalue weighted by Crippen LogP contribution is 2.26.